The summed E-state index contributed by atoms with van der Waals surface area (Å²) in [5.74, 6) is 0.263. The molecule has 0 aromatic carbocycles. The Balaban J connectivity index is 2.18. The lowest BCUT2D eigenvalue weighted by Crippen LogP contribution is -2.44. The van der Waals surface area contributed by atoms with Crippen LogP contribution >= 0.6 is 0 Å². The molecule has 0 aliphatic heterocycles. The Kier molecular flexibility index (Phi) is 6.93. The first kappa shape index (κ1) is 24.7. The van der Waals surface area contributed by atoms with Gasteiger partial charge in [-0.15, -0.1) is 0 Å². The van der Waals surface area contributed by atoms with Gasteiger partial charge in [0.15, 0.2) is 0 Å². The average Bonchev–Trinajstić information content (AvgIpc) is 3.22. The highest BCUT2D eigenvalue weighted by Crippen LogP contribution is 2.31. The number of methoxy groups -OCH3 is 1. The van der Waals surface area contributed by atoms with Gasteiger partial charge in [-0.1, -0.05) is 20.8 Å². The number of carbonyl (C=O) groups is 1. The van der Waals surface area contributed by atoms with Crippen LogP contribution in [0.3, 0.4) is 0 Å². The predicted molar refractivity (Wildman–Crippen MR) is 124 cm³/mol. The maximum Gasteiger partial charge on any atom is 0.404 e. The minimum absolute atomic E-state index is 0.0625. The fourth-order valence-electron chi connectivity index (χ4n) is 3.42. The van der Waals surface area contributed by atoms with E-state index in [9.17, 15) is 23.6 Å². The molecule has 0 radical (unpaired) electrons. The summed E-state index contributed by atoms with van der Waals surface area (Å²) in [7, 11) is -2.69. The minimum atomic E-state index is -4.12. The third kappa shape index (κ3) is 5.18. The third-order valence-electron chi connectivity index (χ3n) is 5.29. The standard InChI is InChI=1S/C23H25N5O5S/c1-23(2,3)20(27-22(29)30)11-15-10-19(17-6-5-9-25-18(17)12-24)28(14-15)34(31,32)16-7-8-21(33-4)26-13-16/h5-10,13-14,20,27H,11H2,1-4H3,(H,29,30). The van der Waals surface area contributed by atoms with Gasteiger partial charge in [-0.3, -0.25) is 0 Å². The number of carboxylic acid groups (broad SMARTS) is 1. The number of nitriles is 1. The predicted octanol–water partition coefficient (Wildman–Crippen LogP) is 3.29. The van der Waals surface area contributed by atoms with E-state index in [1.807, 2.05) is 26.8 Å². The van der Waals surface area contributed by atoms with Crippen LogP contribution in [-0.2, 0) is 16.4 Å². The molecule has 1 unspecified atom stereocenters. The first-order chi connectivity index (χ1) is 16.0. The van der Waals surface area contributed by atoms with Crippen molar-refractivity contribution >= 4 is 16.1 Å². The lowest BCUT2D eigenvalue weighted by Gasteiger charge is -2.30. The van der Waals surface area contributed by atoms with Crippen LogP contribution in [-0.4, -0.2) is 46.7 Å². The van der Waals surface area contributed by atoms with Crippen molar-refractivity contribution in [1.29, 1.82) is 5.26 Å². The Bertz CT molecular complexity index is 1340. The summed E-state index contributed by atoms with van der Waals surface area (Å²) >= 11 is 0. The summed E-state index contributed by atoms with van der Waals surface area (Å²) < 4.78 is 33.2. The van der Waals surface area contributed by atoms with Crippen LogP contribution in [0.1, 0.15) is 32.0 Å². The summed E-state index contributed by atoms with van der Waals surface area (Å²) in [6.45, 7) is 5.67. The van der Waals surface area contributed by atoms with Crippen molar-refractivity contribution in [2.24, 2.45) is 5.41 Å². The molecule has 0 saturated carbocycles. The van der Waals surface area contributed by atoms with Crippen molar-refractivity contribution in [3.05, 3.63) is 60.2 Å². The Hall–Kier alpha value is -3.91. The second-order valence-corrected chi connectivity index (χ2v) is 10.5. The topological polar surface area (TPSA) is 147 Å². The molecule has 0 aliphatic carbocycles. The van der Waals surface area contributed by atoms with Crippen LogP contribution in [0, 0.1) is 16.7 Å². The van der Waals surface area contributed by atoms with E-state index in [0.717, 1.165) is 3.97 Å². The van der Waals surface area contributed by atoms with Crippen LogP contribution in [0.2, 0.25) is 0 Å². The monoisotopic (exact) mass is 483 g/mol. The third-order valence-corrected chi connectivity index (χ3v) is 6.95. The summed E-state index contributed by atoms with van der Waals surface area (Å²) in [4.78, 5) is 19.3. The zero-order valence-electron chi connectivity index (χ0n) is 19.2. The van der Waals surface area contributed by atoms with E-state index in [1.165, 1.54) is 37.8 Å². The van der Waals surface area contributed by atoms with Gasteiger partial charge in [0.2, 0.25) is 5.88 Å². The van der Waals surface area contributed by atoms with Crippen molar-refractivity contribution in [2.75, 3.05) is 7.11 Å². The normalized spacial score (nSPS) is 12.6. The van der Waals surface area contributed by atoms with Gasteiger partial charge in [-0.05, 0) is 41.7 Å². The second kappa shape index (κ2) is 9.52. The molecule has 1 amide bonds. The van der Waals surface area contributed by atoms with Crippen molar-refractivity contribution in [1.82, 2.24) is 19.3 Å². The van der Waals surface area contributed by atoms with E-state index in [-0.39, 0.29) is 28.6 Å². The van der Waals surface area contributed by atoms with Gasteiger partial charge < -0.3 is 15.2 Å². The molecule has 10 nitrogen and oxygen atoms in total. The van der Waals surface area contributed by atoms with E-state index in [0.29, 0.717) is 11.1 Å². The van der Waals surface area contributed by atoms with E-state index < -0.39 is 27.6 Å². The molecule has 178 valence electrons. The second-order valence-electron chi connectivity index (χ2n) is 8.65. The van der Waals surface area contributed by atoms with Crippen molar-refractivity contribution in [2.45, 2.75) is 38.1 Å². The van der Waals surface area contributed by atoms with Crippen LogP contribution in [0.25, 0.3) is 11.3 Å². The zero-order valence-corrected chi connectivity index (χ0v) is 20.0. The van der Waals surface area contributed by atoms with Crippen LogP contribution in [0.5, 0.6) is 5.88 Å². The number of nitrogens with zero attached hydrogens (tertiary/aromatic N) is 4. The van der Waals surface area contributed by atoms with Crippen molar-refractivity contribution in [3.8, 4) is 23.2 Å². The summed E-state index contributed by atoms with van der Waals surface area (Å²) in [5.41, 5.74) is 0.762. The summed E-state index contributed by atoms with van der Waals surface area (Å²) in [6, 6.07) is 9.16. The summed E-state index contributed by atoms with van der Waals surface area (Å²) in [5, 5.41) is 21.3. The van der Waals surface area contributed by atoms with Gasteiger partial charge in [0.1, 0.15) is 16.7 Å². The Morgan fingerprint density at radius 1 is 1.29 bits per heavy atom. The van der Waals surface area contributed by atoms with Gasteiger partial charge in [-0.2, -0.15) is 5.26 Å². The first-order valence-corrected chi connectivity index (χ1v) is 11.7. The average molecular weight is 484 g/mol. The van der Waals surface area contributed by atoms with E-state index in [2.05, 4.69) is 15.3 Å². The number of amides is 1. The van der Waals surface area contributed by atoms with Gasteiger partial charge in [-0.25, -0.2) is 27.2 Å². The Morgan fingerprint density at radius 3 is 2.59 bits per heavy atom. The Morgan fingerprint density at radius 2 is 2.03 bits per heavy atom. The molecule has 11 heteroatoms. The van der Waals surface area contributed by atoms with Crippen LogP contribution in [0.4, 0.5) is 4.79 Å². The molecule has 0 saturated heterocycles. The molecule has 3 rings (SSSR count). The maximum absolute atomic E-state index is 13.6. The fraction of sp³-hybridized carbons (Fsp3) is 0.304. The molecule has 1 atom stereocenters. The molecule has 3 heterocycles. The molecular weight excluding hydrogens is 458 g/mol. The molecule has 2 N–H and O–H groups in total. The lowest BCUT2D eigenvalue weighted by molar-refractivity contribution is 0.174. The van der Waals surface area contributed by atoms with Gasteiger partial charge in [0.25, 0.3) is 10.0 Å². The smallest absolute Gasteiger partial charge is 0.404 e. The van der Waals surface area contributed by atoms with E-state index >= 15 is 0 Å². The molecule has 34 heavy (non-hydrogen) atoms. The van der Waals surface area contributed by atoms with Crippen LogP contribution in [0.15, 0.2) is 53.8 Å². The number of ether oxygens (including phenoxy) is 1. The van der Waals surface area contributed by atoms with Crippen molar-refractivity contribution < 1.29 is 23.1 Å². The SMILES string of the molecule is COc1ccc(S(=O)(=O)n2cc(CC(NC(=O)O)C(C)(C)C)cc2-c2cccnc2C#N)cn1. The van der Waals surface area contributed by atoms with Gasteiger partial charge in [0, 0.05) is 30.1 Å². The molecule has 0 bridgehead atoms. The number of aromatic nitrogens is 3. The molecule has 3 aromatic heterocycles. The molecule has 0 aliphatic rings. The fourth-order valence-corrected chi connectivity index (χ4v) is 4.75. The Labute approximate surface area is 197 Å². The number of hydrogen-bond acceptors (Lipinski definition) is 7. The quantitative estimate of drug-likeness (QED) is 0.520. The maximum atomic E-state index is 13.6. The molecular formula is C23H25N5O5S. The van der Waals surface area contributed by atoms with Crippen LogP contribution < -0.4 is 10.1 Å². The van der Waals surface area contributed by atoms with Crippen molar-refractivity contribution in [3.63, 3.8) is 0 Å². The molecule has 0 spiro atoms. The lowest BCUT2D eigenvalue weighted by atomic mass is 9.83. The largest absolute Gasteiger partial charge is 0.481 e. The number of nitrogens with one attached hydrogen (secondary N) is 1. The number of hydrogen-bond donors (Lipinski definition) is 2. The highest BCUT2D eigenvalue weighted by Gasteiger charge is 2.29. The van der Waals surface area contributed by atoms with Gasteiger partial charge >= 0.3 is 6.09 Å². The minimum Gasteiger partial charge on any atom is -0.481 e. The first-order valence-electron chi connectivity index (χ1n) is 10.3. The number of pyridine rings is 2. The molecule has 0 fully saturated rings. The van der Waals surface area contributed by atoms with E-state index in [4.69, 9.17) is 4.74 Å². The number of rotatable bonds is 7. The zero-order chi connectivity index (χ0) is 25.1. The van der Waals surface area contributed by atoms with E-state index in [1.54, 1.807) is 18.2 Å². The highest BCUT2D eigenvalue weighted by atomic mass is 32.2. The molecule has 3 aromatic rings. The summed E-state index contributed by atoms with van der Waals surface area (Å²) in [6.07, 6.45) is 3.13. The van der Waals surface area contributed by atoms with Gasteiger partial charge in [0.05, 0.1) is 19.0 Å². The highest BCUT2D eigenvalue weighted by molar-refractivity contribution is 7.90.